The first-order chi connectivity index (χ1) is 12.2. The van der Waals surface area contributed by atoms with E-state index in [9.17, 15) is 4.39 Å². The van der Waals surface area contributed by atoms with Gasteiger partial charge in [0, 0.05) is 55.7 Å². The Balaban J connectivity index is 1.30. The molecule has 1 aliphatic carbocycles. The highest BCUT2D eigenvalue weighted by molar-refractivity contribution is 5.45. The van der Waals surface area contributed by atoms with Crippen LogP contribution in [0.4, 0.5) is 16.0 Å². The van der Waals surface area contributed by atoms with Crippen LogP contribution < -0.4 is 9.80 Å². The third-order valence-electron chi connectivity index (χ3n) is 5.65. The Morgan fingerprint density at radius 3 is 2.24 bits per heavy atom. The second-order valence-electron chi connectivity index (χ2n) is 7.66. The van der Waals surface area contributed by atoms with Gasteiger partial charge < -0.3 is 9.80 Å². The van der Waals surface area contributed by atoms with Crippen molar-refractivity contribution in [1.29, 1.82) is 0 Å². The standard InChI is InChI=1S/C19H22FN5/c1-12-6-18(23-19(22-12)13-2-3-13)25-10-14-8-24(9-15(14)11-25)17-5-4-16(20)7-21-17/h4-7,13-15H,2-3,8-11H2,1H3. The van der Waals surface area contributed by atoms with E-state index in [0.717, 1.165) is 49.3 Å². The van der Waals surface area contributed by atoms with E-state index in [2.05, 4.69) is 32.8 Å². The number of hydrogen-bond acceptors (Lipinski definition) is 5. The number of rotatable bonds is 3. The van der Waals surface area contributed by atoms with Gasteiger partial charge in [-0.05, 0) is 31.9 Å². The second-order valence-corrected chi connectivity index (χ2v) is 7.66. The summed E-state index contributed by atoms with van der Waals surface area (Å²) in [5.74, 6) is 4.55. The predicted molar refractivity (Wildman–Crippen MR) is 94.3 cm³/mol. The lowest BCUT2D eigenvalue weighted by atomic mass is 10.0. The van der Waals surface area contributed by atoms with Gasteiger partial charge in [0.1, 0.15) is 23.3 Å². The lowest BCUT2D eigenvalue weighted by Crippen LogP contribution is -2.29. The number of pyridine rings is 1. The minimum absolute atomic E-state index is 0.278. The second kappa shape index (κ2) is 5.64. The number of aryl methyl sites for hydroxylation is 1. The molecule has 2 aromatic rings. The van der Waals surface area contributed by atoms with E-state index in [0.29, 0.717) is 17.8 Å². The summed E-state index contributed by atoms with van der Waals surface area (Å²) in [5.41, 5.74) is 1.07. The Bertz CT molecular complexity index is 775. The van der Waals surface area contributed by atoms with Crippen molar-refractivity contribution in [3.8, 4) is 0 Å². The van der Waals surface area contributed by atoms with Crippen LogP contribution in [-0.2, 0) is 0 Å². The third kappa shape index (κ3) is 2.83. The van der Waals surface area contributed by atoms with Gasteiger partial charge in [-0.1, -0.05) is 0 Å². The normalized spacial score (nSPS) is 25.5. The van der Waals surface area contributed by atoms with Crippen molar-refractivity contribution in [2.45, 2.75) is 25.7 Å². The maximum absolute atomic E-state index is 13.1. The fourth-order valence-corrected chi connectivity index (χ4v) is 4.18. The Kier molecular flexibility index (Phi) is 3.40. The van der Waals surface area contributed by atoms with Crippen LogP contribution >= 0.6 is 0 Å². The van der Waals surface area contributed by atoms with E-state index in [1.165, 1.54) is 25.1 Å². The van der Waals surface area contributed by atoms with Crippen LogP contribution in [0.2, 0.25) is 0 Å². The molecule has 2 aromatic heterocycles. The monoisotopic (exact) mass is 339 g/mol. The molecule has 0 bridgehead atoms. The molecule has 4 heterocycles. The molecule has 0 radical (unpaired) electrons. The molecule has 5 rings (SSSR count). The molecule has 130 valence electrons. The van der Waals surface area contributed by atoms with Crippen molar-refractivity contribution in [2.75, 3.05) is 36.0 Å². The van der Waals surface area contributed by atoms with E-state index in [4.69, 9.17) is 4.98 Å². The molecule has 3 aliphatic rings. The Morgan fingerprint density at radius 2 is 1.64 bits per heavy atom. The summed E-state index contributed by atoms with van der Waals surface area (Å²) in [6.07, 6.45) is 3.76. The van der Waals surface area contributed by atoms with E-state index < -0.39 is 0 Å². The smallest absolute Gasteiger partial charge is 0.141 e. The maximum atomic E-state index is 13.1. The largest absolute Gasteiger partial charge is 0.356 e. The SMILES string of the molecule is Cc1cc(N2CC3CN(c4ccc(F)cn4)CC3C2)nc(C2CC2)n1. The lowest BCUT2D eigenvalue weighted by molar-refractivity contribution is 0.533. The van der Waals surface area contributed by atoms with Crippen LogP contribution in [0, 0.1) is 24.6 Å². The Labute approximate surface area is 146 Å². The molecule has 0 aromatic carbocycles. The van der Waals surface area contributed by atoms with Crippen LogP contribution in [0.3, 0.4) is 0 Å². The summed E-state index contributed by atoms with van der Waals surface area (Å²) in [5, 5.41) is 0. The molecule has 2 atom stereocenters. The van der Waals surface area contributed by atoms with E-state index in [-0.39, 0.29) is 5.82 Å². The van der Waals surface area contributed by atoms with Crippen molar-refractivity contribution in [1.82, 2.24) is 15.0 Å². The van der Waals surface area contributed by atoms with Crippen LogP contribution in [0.25, 0.3) is 0 Å². The quantitative estimate of drug-likeness (QED) is 0.860. The average molecular weight is 339 g/mol. The highest BCUT2D eigenvalue weighted by Gasteiger charge is 2.41. The minimum Gasteiger partial charge on any atom is -0.356 e. The summed E-state index contributed by atoms with van der Waals surface area (Å²) in [6.45, 7) is 6.10. The van der Waals surface area contributed by atoms with Gasteiger partial charge in [-0.25, -0.2) is 19.3 Å². The Hall–Kier alpha value is -2.24. The summed E-state index contributed by atoms with van der Waals surface area (Å²) in [6, 6.07) is 5.39. The number of hydrogen-bond donors (Lipinski definition) is 0. The molecule has 2 aliphatic heterocycles. The van der Waals surface area contributed by atoms with Crippen LogP contribution in [-0.4, -0.2) is 41.1 Å². The summed E-state index contributed by atoms with van der Waals surface area (Å²) < 4.78 is 13.1. The molecule has 0 amide bonds. The van der Waals surface area contributed by atoms with E-state index in [1.54, 1.807) is 6.07 Å². The van der Waals surface area contributed by atoms with Gasteiger partial charge in [-0.3, -0.25) is 0 Å². The van der Waals surface area contributed by atoms with E-state index >= 15 is 0 Å². The number of nitrogens with zero attached hydrogens (tertiary/aromatic N) is 5. The average Bonchev–Trinajstić information content (AvgIpc) is 3.25. The molecule has 0 spiro atoms. The number of halogens is 1. The number of aromatic nitrogens is 3. The van der Waals surface area contributed by atoms with Crippen molar-refractivity contribution in [3.63, 3.8) is 0 Å². The first kappa shape index (κ1) is 15.0. The van der Waals surface area contributed by atoms with Crippen molar-refractivity contribution in [3.05, 3.63) is 41.7 Å². The molecule has 3 fully saturated rings. The third-order valence-corrected chi connectivity index (χ3v) is 5.65. The summed E-state index contributed by atoms with van der Waals surface area (Å²) in [7, 11) is 0. The molecule has 25 heavy (non-hydrogen) atoms. The van der Waals surface area contributed by atoms with Gasteiger partial charge in [0.05, 0.1) is 6.20 Å². The first-order valence-electron chi connectivity index (χ1n) is 9.13. The molecule has 0 N–H and O–H groups in total. The zero-order chi connectivity index (χ0) is 17.0. The van der Waals surface area contributed by atoms with Gasteiger partial charge in [-0.2, -0.15) is 0 Å². The van der Waals surface area contributed by atoms with Crippen molar-refractivity contribution >= 4 is 11.6 Å². The summed E-state index contributed by atoms with van der Waals surface area (Å²) in [4.78, 5) is 18.4. The first-order valence-corrected chi connectivity index (χ1v) is 9.13. The molecular weight excluding hydrogens is 317 g/mol. The Morgan fingerprint density at radius 1 is 0.960 bits per heavy atom. The maximum Gasteiger partial charge on any atom is 0.141 e. The van der Waals surface area contributed by atoms with Gasteiger partial charge >= 0.3 is 0 Å². The van der Waals surface area contributed by atoms with Gasteiger partial charge in [-0.15, -0.1) is 0 Å². The van der Waals surface area contributed by atoms with E-state index in [1.807, 2.05) is 0 Å². The zero-order valence-electron chi connectivity index (χ0n) is 14.4. The highest BCUT2D eigenvalue weighted by Crippen LogP contribution is 2.40. The predicted octanol–water partition coefficient (Wildman–Crippen LogP) is 2.77. The molecule has 1 saturated carbocycles. The molecular formula is C19H22FN5. The summed E-state index contributed by atoms with van der Waals surface area (Å²) >= 11 is 0. The number of fused-ring (bicyclic) bond motifs is 1. The van der Waals surface area contributed by atoms with Crippen LogP contribution in [0.1, 0.15) is 30.3 Å². The molecule has 2 unspecified atom stereocenters. The van der Waals surface area contributed by atoms with Gasteiger partial charge in [0.25, 0.3) is 0 Å². The molecule has 5 nitrogen and oxygen atoms in total. The highest BCUT2D eigenvalue weighted by atomic mass is 19.1. The minimum atomic E-state index is -0.278. The topological polar surface area (TPSA) is 45.2 Å². The number of anilines is 2. The zero-order valence-corrected chi connectivity index (χ0v) is 14.4. The van der Waals surface area contributed by atoms with Crippen molar-refractivity contribution in [2.24, 2.45) is 11.8 Å². The fraction of sp³-hybridized carbons (Fsp3) is 0.526. The fourth-order valence-electron chi connectivity index (χ4n) is 4.18. The molecule has 6 heteroatoms. The van der Waals surface area contributed by atoms with Crippen LogP contribution in [0.5, 0.6) is 0 Å². The van der Waals surface area contributed by atoms with Gasteiger partial charge in [0.15, 0.2) is 0 Å². The molecule has 2 saturated heterocycles. The van der Waals surface area contributed by atoms with Crippen molar-refractivity contribution < 1.29 is 4.39 Å². The van der Waals surface area contributed by atoms with Gasteiger partial charge in [0.2, 0.25) is 0 Å². The lowest BCUT2D eigenvalue weighted by Gasteiger charge is -2.23. The van der Waals surface area contributed by atoms with Crippen LogP contribution in [0.15, 0.2) is 24.4 Å².